The van der Waals surface area contributed by atoms with Crippen molar-refractivity contribution in [3.63, 3.8) is 0 Å². The van der Waals surface area contributed by atoms with Gasteiger partial charge in [0.1, 0.15) is 0 Å². The van der Waals surface area contributed by atoms with Gasteiger partial charge in [0.25, 0.3) is 0 Å². The zero-order valence-corrected chi connectivity index (χ0v) is 19.4. The number of benzene rings is 3. The van der Waals surface area contributed by atoms with Crippen LogP contribution in [0.2, 0.25) is 0 Å². The summed E-state index contributed by atoms with van der Waals surface area (Å²) >= 11 is 3.53. The Bertz CT molecular complexity index is 962. The Morgan fingerprint density at radius 1 is 0.903 bits per heavy atom. The maximum absolute atomic E-state index is 12.6. The van der Waals surface area contributed by atoms with Gasteiger partial charge in [-0.25, -0.2) is 0 Å². The van der Waals surface area contributed by atoms with Gasteiger partial charge < -0.3 is 5.32 Å². The number of carbonyl (C=O) groups excluding carboxylic acids is 1. The van der Waals surface area contributed by atoms with Crippen molar-refractivity contribution in [2.24, 2.45) is 0 Å². The minimum atomic E-state index is 0.0284. The van der Waals surface area contributed by atoms with Crippen molar-refractivity contribution < 1.29 is 4.79 Å². The summed E-state index contributed by atoms with van der Waals surface area (Å²) in [7, 11) is 0. The molecular weight excluding hydrogens is 450 g/mol. The summed E-state index contributed by atoms with van der Waals surface area (Å²) in [6, 6.07) is 27.6. The highest BCUT2D eigenvalue weighted by atomic mass is 79.9. The molecule has 0 aromatic heterocycles. The number of anilines is 1. The number of rotatable bonds is 6. The standard InChI is InChI=1S/C26H28BrN3O/c1-20-12-13-24(23(27)18-20)28-25(31)19-29-14-16-30(17-15-29)26(21-8-4-2-5-9-21)22-10-6-3-7-11-22/h2-13,18,26H,14-17,19H2,1H3,(H,28,31). The SMILES string of the molecule is Cc1ccc(NC(=O)CN2CCN(C(c3ccccc3)c3ccccc3)CC2)c(Br)c1. The molecule has 1 aliphatic rings. The molecule has 1 saturated heterocycles. The molecule has 4 rings (SSSR count). The lowest BCUT2D eigenvalue weighted by molar-refractivity contribution is -0.117. The summed E-state index contributed by atoms with van der Waals surface area (Å²) in [5.74, 6) is 0.0284. The monoisotopic (exact) mass is 477 g/mol. The van der Waals surface area contributed by atoms with Gasteiger partial charge in [-0.05, 0) is 51.7 Å². The van der Waals surface area contributed by atoms with Crippen LogP contribution in [0.4, 0.5) is 5.69 Å². The fraction of sp³-hybridized carbons (Fsp3) is 0.269. The van der Waals surface area contributed by atoms with Crippen molar-refractivity contribution in [1.29, 1.82) is 0 Å². The fourth-order valence-corrected chi connectivity index (χ4v) is 4.77. The molecule has 0 saturated carbocycles. The number of hydrogen-bond donors (Lipinski definition) is 1. The summed E-state index contributed by atoms with van der Waals surface area (Å²) in [4.78, 5) is 17.3. The molecule has 160 valence electrons. The Balaban J connectivity index is 1.38. The fourth-order valence-electron chi connectivity index (χ4n) is 4.18. The molecule has 1 N–H and O–H groups in total. The third kappa shape index (κ3) is 5.62. The summed E-state index contributed by atoms with van der Waals surface area (Å²) in [6.45, 7) is 6.05. The lowest BCUT2D eigenvalue weighted by atomic mass is 9.96. The second-order valence-corrected chi connectivity index (χ2v) is 8.92. The van der Waals surface area contributed by atoms with Crippen molar-refractivity contribution >= 4 is 27.5 Å². The van der Waals surface area contributed by atoms with Gasteiger partial charge in [0.2, 0.25) is 5.91 Å². The molecule has 3 aromatic carbocycles. The van der Waals surface area contributed by atoms with Gasteiger partial charge in [0.15, 0.2) is 0 Å². The van der Waals surface area contributed by atoms with E-state index in [2.05, 4.69) is 91.7 Å². The number of nitrogens with zero attached hydrogens (tertiary/aromatic N) is 2. The topological polar surface area (TPSA) is 35.6 Å². The predicted octanol–water partition coefficient (Wildman–Crippen LogP) is 5.10. The highest BCUT2D eigenvalue weighted by molar-refractivity contribution is 9.10. The average molecular weight is 478 g/mol. The first kappa shape index (κ1) is 21.8. The number of carbonyl (C=O) groups is 1. The smallest absolute Gasteiger partial charge is 0.238 e. The Kier molecular flexibility index (Phi) is 7.17. The molecule has 0 radical (unpaired) electrons. The third-order valence-corrected chi connectivity index (χ3v) is 6.42. The van der Waals surface area contributed by atoms with Crippen LogP contribution >= 0.6 is 15.9 Å². The molecule has 1 fully saturated rings. The summed E-state index contributed by atoms with van der Waals surface area (Å²) in [6.07, 6.45) is 0. The maximum atomic E-state index is 12.6. The molecule has 4 nitrogen and oxygen atoms in total. The van der Waals surface area contributed by atoms with Crippen LogP contribution < -0.4 is 5.32 Å². The van der Waals surface area contributed by atoms with Gasteiger partial charge in [-0.1, -0.05) is 66.7 Å². The largest absolute Gasteiger partial charge is 0.324 e. The second kappa shape index (κ2) is 10.2. The first-order valence-corrected chi connectivity index (χ1v) is 11.5. The molecule has 0 aliphatic carbocycles. The molecular formula is C26H28BrN3O. The maximum Gasteiger partial charge on any atom is 0.238 e. The summed E-state index contributed by atoms with van der Waals surface area (Å²) in [5, 5.41) is 3.03. The molecule has 3 aromatic rings. The van der Waals surface area contributed by atoms with Crippen LogP contribution in [0.15, 0.2) is 83.3 Å². The molecule has 5 heteroatoms. The van der Waals surface area contributed by atoms with Crippen LogP contribution in [0.3, 0.4) is 0 Å². The van der Waals surface area contributed by atoms with Crippen molar-refractivity contribution in [3.05, 3.63) is 100 Å². The third-order valence-electron chi connectivity index (χ3n) is 5.77. The molecule has 0 atom stereocenters. The van der Waals surface area contributed by atoms with E-state index in [0.29, 0.717) is 6.54 Å². The minimum absolute atomic E-state index is 0.0284. The zero-order chi connectivity index (χ0) is 21.6. The molecule has 1 heterocycles. The Labute approximate surface area is 193 Å². The van der Waals surface area contributed by atoms with E-state index in [1.807, 2.05) is 25.1 Å². The number of nitrogens with one attached hydrogen (secondary N) is 1. The van der Waals surface area contributed by atoms with E-state index in [4.69, 9.17) is 0 Å². The number of hydrogen-bond acceptors (Lipinski definition) is 3. The first-order valence-electron chi connectivity index (χ1n) is 10.7. The Hall–Kier alpha value is -2.47. The summed E-state index contributed by atoms with van der Waals surface area (Å²) in [5.41, 5.74) is 4.60. The van der Waals surface area contributed by atoms with Crippen LogP contribution in [0.5, 0.6) is 0 Å². The van der Waals surface area contributed by atoms with E-state index >= 15 is 0 Å². The van der Waals surface area contributed by atoms with E-state index in [1.54, 1.807) is 0 Å². The van der Waals surface area contributed by atoms with Gasteiger partial charge in [0.05, 0.1) is 18.3 Å². The minimum Gasteiger partial charge on any atom is -0.324 e. The van der Waals surface area contributed by atoms with E-state index in [-0.39, 0.29) is 11.9 Å². The first-order chi connectivity index (χ1) is 15.1. The average Bonchev–Trinajstić information content (AvgIpc) is 2.79. The number of halogens is 1. The lowest BCUT2D eigenvalue weighted by Gasteiger charge is -2.39. The highest BCUT2D eigenvalue weighted by Gasteiger charge is 2.27. The Morgan fingerprint density at radius 3 is 2.03 bits per heavy atom. The number of amides is 1. The molecule has 31 heavy (non-hydrogen) atoms. The van der Waals surface area contributed by atoms with Crippen LogP contribution in [-0.4, -0.2) is 48.4 Å². The van der Waals surface area contributed by atoms with Crippen LogP contribution in [-0.2, 0) is 4.79 Å². The number of aryl methyl sites for hydroxylation is 1. The molecule has 0 spiro atoms. The predicted molar refractivity (Wildman–Crippen MR) is 130 cm³/mol. The molecule has 0 bridgehead atoms. The van der Waals surface area contributed by atoms with Gasteiger partial charge in [0, 0.05) is 30.7 Å². The van der Waals surface area contributed by atoms with Crippen molar-refractivity contribution in [2.45, 2.75) is 13.0 Å². The van der Waals surface area contributed by atoms with E-state index in [9.17, 15) is 4.79 Å². The van der Waals surface area contributed by atoms with E-state index < -0.39 is 0 Å². The van der Waals surface area contributed by atoms with Crippen molar-refractivity contribution in [1.82, 2.24) is 9.80 Å². The lowest BCUT2D eigenvalue weighted by Crippen LogP contribution is -2.49. The highest BCUT2D eigenvalue weighted by Crippen LogP contribution is 2.29. The Morgan fingerprint density at radius 2 is 1.48 bits per heavy atom. The van der Waals surface area contributed by atoms with Gasteiger partial charge in [-0.15, -0.1) is 0 Å². The van der Waals surface area contributed by atoms with Gasteiger partial charge in [-0.3, -0.25) is 14.6 Å². The zero-order valence-electron chi connectivity index (χ0n) is 17.8. The second-order valence-electron chi connectivity index (χ2n) is 8.07. The van der Waals surface area contributed by atoms with Crippen LogP contribution in [0, 0.1) is 6.92 Å². The molecule has 0 unspecified atom stereocenters. The quantitative estimate of drug-likeness (QED) is 0.536. The molecule has 1 amide bonds. The van der Waals surface area contributed by atoms with Gasteiger partial charge in [-0.2, -0.15) is 0 Å². The van der Waals surface area contributed by atoms with E-state index in [1.165, 1.54) is 11.1 Å². The summed E-state index contributed by atoms with van der Waals surface area (Å²) < 4.78 is 0.916. The van der Waals surface area contributed by atoms with Crippen molar-refractivity contribution in [3.8, 4) is 0 Å². The van der Waals surface area contributed by atoms with E-state index in [0.717, 1.165) is 41.9 Å². The van der Waals surface area contributed by atoms with Crippen LogP contribution in [0.1, 0.15) is 22.7 Å². The normalized spacial score (nSPS) is 15.2. The van der Waals surface area contributed by atoms with Gasteiger partial charge >= 0.3 is 0 Å². The molecule has 1 aliphatic heterocycles. The van der Waals surface area contributed by atoms with Crippen LogP contribution in [0.25, 0.3) is 0 Å². The number of piperazine rings is 1. The van der Waals surface area contributed by atoms with Crippen molar-refractivity contribution in [2.75, 3.05) is 38.0 Å².